The fourth-order valence-corrected chi connectivity index (χ4v) is 3.45. The smallest absolute Gasteiger partial charge is 0.227 e. The Bertz CT molecular complexity index is 529. The Kier molecular flexibility index (Phi) is 4.36. The van der Waals surface area contributed by atoms with Crippen molar-refractivity contribution in [3.8, 4) is 5.75 Å². The summed E-state index contributed by atoms with van der Waals surface area (Å²) < 4.78 is 11.2. The molecule has 0 saturated carbocycles. The maximum absolute atomic E-state index is 12.2. The molecule has 5 heteroatoms. The first-order valence-corrected chi connectivity index (χ1v) is 7.78. The van der Waals surface area contributed by atoms with E-state index in [1.165, 1.54) is 5.56 Å². The lowest BCUT2D eigenvalue weighted by molar-refractivity contribution is -0.136. The Labute approximate surface area is 131 Å². The Morgan fingerprint density at radius 1 is 1.32 bits per heavy atom. The second kappa shape index (κ2) is 6.26. The van der Waals surface area contributed by atoms with E-state index in [1.807, 2.05) is 26.2 Å². The summed E-state index contributed by atoms with van der Waals surface area (Å²) in [5, 5.41) is 0. The van der Waals surface area contributed by atoms with E-state index in [4.69, 9.17) is 9.47 Å². The molecular formula is C17H24N2O3. The van der Waals surface area contributed by atoms with Crippen LogP contribution in [0, 0.1) is 5.92 Å². The molecule has 0 aliphatic carbocycles. The summed E-state index contributed by atoms with van der Waals surface area (Å²) in [5.41, 5.74) is 1.26. The number of ether oxygens (including phenoxy) is 2. The maximum Gasteiger partial charge on any atom is 0.227 e. The average molecular weight is 304 g/mol. The minimum absolute atomic E-state index is 0.0147. The highest BCUT2D eigenvalue weighted by Gasteiger charge is 2.44. The van der Waals surface area contributed by atoms with Gasteiger partial charge in [0, 0.05) is 33.7 Å². The average Bonchev–Trinajstić information content (AvgIpc) is 2.81. The third kappa shape index (κ3) is 3.10. The van der Waals surface area contributed by atoms with Gasteiger partial charge in [0.15, 0.2) is 0 Å². The molecule has 5 nitrogen and oxygen atoms in total. The van der Waals surface area contributed by atoms with Crippen molar-refractivity contribution in [2.45, 2.75) is 25.2 Å². The van der Waals surface area contributed by atoms with E-state index >= 15 is 0 Å². The van der Waals surface area contributed by atoms with Crippen LogP contribution in [-0.2, 0) is 16.1 Å². The van der Waals surface area contributed by atoms with Gasteiger partial charge in [-0.3, -0.25) is 9.69 Å². The highest BCUT2D eigenvalue weighted by molar-refractivity contribution is 5.79. The van der Waals surface area contributed by atoms with E-state index in [9.17, 15) is 4.79 Å². The Hall–Kier alpha value is -1.59. The number of carbonyl (C=O) groups excluding carboxylic acids is 1. The number of likely N-dealkylation sites (tertiary alicyclic amines) is 1. The standard InChI is InChI=1S/C17H24N2O3/c1-18(2)17(20)15-8-14-10-19(11-16(15)22-14)9-12-4-6-13(21-3)7-5-12/h4-7,14-16H,8-11H2,1-3H3. The monoisotopic (exact) mass is 304 g/mol. The second-order valence-corrected chi connectivity index (χ2v) is 6.41. The summed E-state index contributed by atoms with van der Waals surface area (Å²) in [7, 11) is 5.32. The molecule has 2 saturated heterocycles. The number of nitrogens with zero attached hydrogens (tertiary/aromatic N) is 2. The molecule has 22 heavy (non-hydrogen) atoms. The number of morpholine rings is 1. The molecule has 2 heterocycles. The molecule has 2 bridgehead atoms. The predicted octanol–water partition coefficient (Wildman–Crippen LogP) is 1.37. The first kappa shape index (κ1) is 15.3. The van der Waals surface area contributed by atoms with Crippen molar-refractivity contribution >= 4 is 5.91 Å². The third-order valence-electron chi connectivity index (χ3n) is 4.56. The lowest BCUT2D eigenvalue weighted by Gasteiger charge is -2.33. The molecule has 2 aliphatic rings. The molecule has 120 valence electrons. The summed E-state index contributed by atoms with van der Waals surface area (Å²) in [6.07, 6.45) is 1.07. The number of hydrogen-bond donors (Lipinski definition) is 0. The predicted molar refractivity (Wildman–Crippen MR) is 83.7 cm³/mol. The molecule has 3 rings (SSSR count). The molecule has 3 atom stereocenters. The highest BCUT2D eigenvalue weighted by atomic mass is 16.5. The van der Waals surface area contributed by atoms with Crippen LogP contribution in [0.15, 0.2) is 24.3 Å². The van der Waals surface area contributed by atoms with Gasteiger partial charge in [-0.2, -0.15) is 0 Å². The van der Waals surface area contributed by atoms with Crippen LogP contribution >= 0.6 is 0 Å². The molecule has 0 N–H and O–H groups in total. The largest absolute Gasteiger partial charge is 0.497 e. The number of hydrogen-bond acceptors (Lipinski definition) is 4. The zero-order valence-electron chi connectivity index (χ0n) is 13.5. The lowest BCUT2D eigenvalue weighted by atomic mass is 9.99. The highest BCUT2D eigenvalue weighted by Crippen LogP contribution is 2.33. The molecule has 2 aliphatic heterocycles. The van der Waals surface area contributed by atoms with Crippen LogP contribution in [0.2, 0.25) is 0 Å². The molecular weight excluding hydrogens is 280 g/mol. The number of amides is 1. The van der Waals surface area contributed by atoms with E-state index in [-0.39, 0.29) is 24.0 Å². The van der Waals surface area contributed by atoms with Gasteiger partial charge >= 0.3 is 0 Å². The first-order chi connectivity index (χ1) is 10.6. The Morgan fingerprint density at radius 2 is 2.05 bits per heavy atom. The van der Waals surface area contributed by atoms with Crippen LogP contribution in [0.4, 0.5) is 0 Å². The molecule has 3 unspecified atom stereocenters. The topological polar surface area (TPSA) is 42.0 Å². The molecule has 0 spiro atoms. The Balaban J connectivity index is 1.62. The van der Waals surface area contributed by atoms with E-state index < -0.39 is 0 Å². The van der Waals surface area contributed by atoms with Gasteiger partial charge in [0.2, 0.25) is 5.91 Å². The van der Waals surface area contributed by atoms with Crippen LogP contribution in [0.1, 0.15) is 12.0 Å². The van der Waals surface area contributed by atoms with E-state index in [0.29, 0.717) is 0 Å². The summed E-state index contributed by atoms with van der Waals surface area (Å²) in [5.74, 6) is 1.09. The fraction of sp³-hybridized carbons (Fsp3) is 0.588. The van der Waals surface area contributed by atoms with Crippen LogP contribution in [0.5, 0.6) is 5.75 Å². The van der Waals surface area contributed by atoms with Gasteiger partial charge in [0.05, 0.1) is 25.2 Å². The van der Waals surface area contributed by atoms with Crippen molar-refractivity contribution < 1.29 is 14.3 Å². The van der Waals surface area contributed by atoms with Gasteiger partial charge in [-0.15, -0.1) is 0 Å². The third-order valence-corrected chi connectivity index (χ3v) is 4.56. The van der Waals surface area contributed by atoms with Gasteiger partial charge in [-0.25, -0.2) is 0 Å². The van der Waals surface area contributed by atoms with E-state index in [0.717, 1.165) is 31.8 Å². The van der Waals surface area contributed by atoms with Gasteiger partial charge in [-0.1, -0.05) is 12.1 Å². The van der Waals surface area contributed by atoms with Crippen molar-refractivity contribution in [2.24, 2.45) is 5.92 Å². The number of rotatable bonds is 4. The van der Waals surface area contributed by atoms with Crippen LogP contribution in [0.25, 0.3) is 0 Å². The zero-order valence-corrected chi connectivity index (χ0v) is 13.5. The lowest BCUT2D eigenvalue weighted by Crippen LogP contribution is -2.44. The molecule has 0 aromatic heterocycles. The van der Waals surface area contributed by atoms with Crippen molar-refractivity contribution in [1.82, 2.24) is 9.80 Å². The number of methoxy groups -OCH3 is 1. The van der Waals surface area contributed by atoms with Gasteiger partial charge < -0.3 is 14.4 Å². The minimum Gasteiger partial charge on any atom is -0.497 e. The van der Waals surface area contributed by atoms with Crippen molar-refractivity contribution in [1.29, 1.82) is 0 Å². The van der Waals surface area contributed by atoms with Crippen LogP contribution in [0.3, 0.4) is 0 Å². The molecule has 1 aromatic rings. The molecule has 1 aromatic carbocycles. The van der Waals surface area contributed by atoms with Gasteiger partial charge in [0.25, 0.3) is 0 Å². The fourth-order valence-electron chi connectivity index (χ4n) is 3.45. The summed E-state index contributed by atoms with van der Waals surface area (Å²) in [6, 6.07) is 8.17. The normalized spacial score (nSPS) is 27.7. The van der Waals surface area contributed by atoms with Crippen molar-refractivity contribution in [3.63, 3.8) is 0 Å². The van der Waals surface area contributed by atoms with E-state index in [2.05, 4.69) is 17.0 Å². The quantitative estimate of drug-likeness (QED) is 0.842. The SMILES string of the molecule is COc1ccc(CN2CC3CC(C(=O)N(C)C)C(C2)O3)cc1. The first-order valence-electron chi connectivity index (χ1n) is 7.78. The van der Waals surface area contributed by atoms with Gasteiger partial charge in [-0.05, 0) is 24.1 Å². The maximum atomic E-state index is 12.2. The van der Waals surface area contributed by atoms with Gasteiger partial charge in [0.1, 0.15) is 5.75 Å². The summed E-state index contributed by atoms with van der Waals surface area (Å²) in [4.78, 5) is 16.3. The summed E-state index contributed by atoms with van der Waals surface area (Å²) >= 11 is 0. The summed E-state index contributed by atoms with van der Waals surface area (Å²) in [6.45, 7) is 2.62. The number of fused-ring (bicyclic) bond motifs is 2. The zero-order chi connectivity index (χ0) is 15.7. The minimum atomic E-state index is 0.0147. The van der Waals surface area contributed by atoms with Crippen molar-refractivity contribution in [3.05, 3.63) is 29.8 Å². The molecule has 0 radical (unpaired) electrons. The number of benzene rings is 1. The van der Waals surface area contributed by atoms with Crippen molar-refractivity contribution in [2.75, 3.05) is 34.3 Å². The Morgan fingerprint density at radius 3 is 2.68 bits per heavy atom. The van der Waals surface area contributed by atoms with Crippen LogP contribution in [-0.4, -0.2) is 62.2 Å². The number of carbonyl (C=O) groups is 1. The molecule has 2 fully saturated rings. The molecule has 1 amide bonds. The van der Waals surface area contributed by atoms with Crippen LogP contribution < -0.4 is 4.74 Å². The second-order valence-electron chi connectivity index (χ2n) is 6.41. The van der Waals surface area contributed by atoms with E-state index in [1.54, 1.807) is 12.0 Å².